The summed E-state index contributed by atoms with van der Waals surface area (Å²) in [6.45, 7) is 0. The van der Waals surface area contributed by atoms with Crippen LogP contribution in [0.2, 0.25) is 0 Å². The second kappa shape index (κ2) is 5.79. The number of halogens is 4. The normalized spacial score (nSPS) is 13.2. The Morgan fingerprint density at radius 1 is 1.53 bits per heavy atom. The van der Waals surface area contributed by atoms with E-state index in [0.717, 1.165) is 12.1 Å². The van der Waals surface area contributed by atoms with Crippen molar-refractivity contribution < 1.29 is 27.8 Å². The number of benzene rings is 1. The van der Waals surface area contributed by atoms with Crippen molar-refractivity contribution in [1.29, 1.82) is 0 Å². The van der Waals surface area contributed by atoms with E-state index in [2.05, 4.69) is 15.9 Å². The molecule has 0 fully saturated rings. The molecule has 3 N–H and O–H groups in total. The smallest absolute Gasteiger partial charge is 0.416 e. The van der Waals surface area contributed by atoms with Crippen molar-refractivity contribution >= 4 is 21.9 Å². The molecule has 0 aliphatic heterocycles. The van der Waals surface area contributed by atoms with E-state index < -0.39 is 30.2 Å². The Kier molecular flexibility index (Phi) is 4.81. The molecule has 8 heteroatoms. The van der Waals surface area contributed by atoms with Gasteiger partial charge in [0.2, 0.25) is 0 Å². The maximum atomic E-state index is 12.6. The Balaban J connectivity index is 3.30. The third kappa shape index (κ3) is 3.84. The molecule has 0 bridgehead atoms. The largest absolute Gasteiger partial charge is 0.496 e. The number of carboxylic acids is 1. The summed E-state index contributed by atoms with van der Waals surface area (Å²) in [6, 6.07) is 0.672. The molecule has 19 heavy (non-hydrogen) atoms. The number of rotatable bonds is 4. The van der Waals surface area contributed by atoms with Crippen LogP contribution in [-0.2, 0) is 11.0 Å². The van der Waals surface area contributed by atoms with E-state index >= 15 is 0 Å². The fourth-order valence-electron chi connectivity index (χ4n) is 1.58. The van der Waals surface area contributed by atoms with Gasteiger partial charge in [-0.05, 0) is 12.1 Å². The van der Waals surface area contributed by atoms with Gasteiger partial charge in [0.25, 0.3) is 0 Å². The highest BCUT2D eigenvalue weighted by Crippen LogP contribution is 2.39. The Labute approximate surface area is 115 Å². The molecule has 0 radical (unpaired) electrons. The summed E-state index contributed by atoms with van der Waals surface area (Å²) >= 11 is 2.97. The van der Waals surface area contributed by atoms with E-state index in [1.54, 1.807) is 0 Å². The van der Waals surface area contributed by atoms with Crippen molar-refractivity contribution in [2.75, 3.05) is 7.11 Å². The SMILES string of the molecule is COc1cc(C(F)(F)F)cc(Br)c1C(N)CC(=O)O. The van der Waals surface area contributed by atoms with E-state index in [1.807, 2.05) is 0 Å². The van der Waals surface area contributed by atoms with Crippen LogP contribution in [-0.4, -0.2) is 18.2 Å². The summed E-state index contributed by atoms with van der Waals surface area (Å²) in [6.07, 6.45) is -4.94. The molecule has 0 heterocycles. The first-order chi connectivity index (χ1) is 8.66. The second-order valence-corrected chi connectivity index (χ2v) is 4.63. The van der Waals surface area contributed by atoms with Crippen molar-refractivity contribution in [1.82, 2.24) is 0 Å². The molecule has 1 atom stereocenters. The van der Waals surface area contributed by atoms with Gasteiger partial charge in [0.1, 0.15) is 5.75 Å². The summed E-state index contributed by atoms with van der Waals surface area (Å²) < 4.78 is 42.8. The lowest BCUT2D eigenvalue weighted by atomic mass is 10.0. The monoisotopic (exact) mass is 341 g/mol. The highest BCUT2D eigenvalue weighted by molar-refractivity contribution is 9.10. The zero-order valence-corrected chi connectivity index (χ0v) is 11.4. The van der Waals surface area contributed by atoms with Crippen molar-refractivity contribution in [3.63, 3.8) is 0 Å². The lowest BCUT2D eigenvalue weighted by Crippen LogP contribution is -2.17. The van der Waals surface area contributed by atoms with Crippen molar-refractivity contribution in [2.45, 2.75) is 18.6 Å². The molecule has 0 aliphatic carbocycles. The minimum Gasteiger partial charge on any atom is -0.496 e. The highest BCUT2D eigenvalue weighted by Gasteiger charge is 2.33. The molecule has 1 aromatic rings. The molecule has 0 saturated heterocycles. The summed E-state index contributed by atoms with van der Waals surface area (Å²) in [7, 11) is 1.19. The number of ether oxygens (including phenoxy) is 1. The third-order valence-electron chi connectivity index (χ3n) is 2.40. The minimum absolute atomic E-state index is 0.0629. The fourth-order valence-corrected chi connectivity index (χ4v) is 2.31. The first kappa shape index (κ1) is 15.8. The van der Waals surface area contributed by atoms with Gasteiger partial charge in [0.15, 0.2) is 0 Å². The minimum atomic E-state index is -4.52. The van der Waals surface area contributed by atoms with Gasteiger partial charge in [-0.1, -0.05) is 15.9 Å². The predicted octanol–water partition coefficient (Wildman–Crippen LogP) is 2.95. The Morgan fingerprint density at radius 2 is 2.11 bits per heavy atom. The lowest BCUT2D eigenvalue weighted by Gasteiger charge is -2.18. The molecule has 0 aromatic heterocycles. The van der Waals surface area contributed by atoms with Gasteiger partial charge in [-0.15, -0.1) is 0 Å². The van der Waals surface area contributed by atoms with Crippen LogP contribution < -0.4 is 10.5 Å². The topological polar surface area (TPSA) is 72.5 Å². The van der Waals surface area contributed by atoms with Gasteiger partial charge in [0, 0.05) is 16.1 Å². The molecule has 1 unspecified atom stereocenters. The number of aliphatic carboxylic acids is 1. The number of nitrogens with two attached hydrogens (primary N) is 1. The quantitative estimate of drug-likeness (QED) is 0.883. The van der Waals surface area contributed by atoms with Crippen LogP contribution in [0.1, 0.15) is 23.6 Å². The molecule has 0 saturated carbocycles. The first-order valence-corrected chi connectivity index (χ1v) is 5.88. The molecule has 4 nitrogen and oxygen atoms in total. The van der Waals surface area contributed by atoms with Crippen LogP contribution in [0.25, 0.3) is 0 Å². The predicted molar refractivity (Wildman–Crippen MR) is 64.9 cm³/mol. The standard InChI is InChI=1S/C11H11BrF3NO3/c1-19-8-3-5(11(13,14)15)2-6(12)10(8)7(16)4-9(17)18/h2-3,7H,4,16H2,1H3,(H,17,18). The lowest BCUT2D eigenvalue weighted by molar-refractivity contribution is -0.138. The van der Waals surface area contributed by atoms with Crippen LogP contribution >= 0.6 is 15.9 Å². The maximum Gasteiger partial charge on any atom is 0.416 e. The van der Waals surface area contributed by atoms with E-state index in [-0.39, 0.29) is 15.8 Å². The molecule has 106 valence electrons. The number of hydrogen-bond donors (Lipinski definition) is 2. The molecule has 1 rings (SSSR count). The van der Waals surface area contributed by atoms with Crippen molar-refractivity contribution in [3.05, 3.63) is 27.7 Å². The van der Waals surface area contributed by atoms with Gasteiger partial charge in [-0.3, -0.25) is 4.79 Å². The zero-order chi connectivity index (χ0) is 14.8. The molecular weight excluding hydrogens is 331 g/mol. The molecule has 0 spiro atoms. The average molecular weight is 342 g/mol. The van der Waals surface area contributed by atoms with Crippen LogP contribution in [0.3, 0.4) is 0 Å². The van der Waals surface area contributed by atoms with Crippen molar-refractivity contribution in [3.8, 4) is 5.75 Å². The molecular formula is C11H11BrF3NO3. The molecule has 0 amide bonds. The molecule has 1 aromatic carbocycles. The number of carbonyl (C=O) groups is 1. The summed E-state index contributed by atoms with van der Waals surface area (Å²) in [5, 5.41) is 8.67. The Bertz CT molecular complexity index is 491. The number of alkyl halides is 3. The van der Waals surface area contributed by atoms with Gasteiger partial charge >= 0.3 is 12.1 Å². The van der Waals surface area contributed by atoms with E-state index in [0.29, 0.717) is 0 Å². The number of methoxy groups -OCH3 is 1. The number of carboxylic acid groups (broad SMARTS) is 1. The van der Waals surface area contributed by atoms with Gasteiger partial charge in [-0.2, -0.15) is 13.2 Å². The summed E-state index contributed by atoms with van der Waals surface area (Å²) in [4.78, 5) is 10.6. The highest BCUT2D eigenvalue weighted by atomic mass is 79.9. The zero-order valence-electron chi connectivity index (χ0n) is 9.79. The van der Waals surface area contributed by atoms with E-state index in [9.17, 15) is 18.0 Å². The fraction of sp³-hybridized carbons (Fsp3) is 0.364. The van der Waals surface area contributed by atoms with Crippen LogP contribution in [0.4, 0.5) is 13.2 Å². The summed E-state index contributed by atoms with van der Waals surface area (Å²) in [5.74, 6) is -1.25. The van der Waals surface area contributed by atoms with Gasteiger partial charge < -0.3 is 15.6 Å². The third-order valence-corrected chi connectivity index (χ3v) is 3.06. The maximum absolute atomic E-state index is 12.6. The Hall–Kier alpha value is -1.28. The van der Waals surface area contributed by atoms with Gasteiger partial charge in [-0.25, -0.2) is 0 Å². The van der Waals surface area contributed by atoms with Gasteiger partial charge in [0.05, 0.1) is 19.1 Å². The van der Waals surface area contributed by atoms with E-state index in [4.69, 9.17) is 15.6 Å². The second-order valence-electron chi connectivity index (χ2n) is 3.78. The molecule has 0 aliphatic rings. The first-order valence-electron chi connectivity index (χ1n) is 5.08. The Morgan fingerprint density at radius 3 is 2.53 bits per heavy atom. The van der Waals surface area contributed by atoms with Crippen molar-refractivity contribution in [2.24, 2.45) is 5.73 Å². The van der Waals surface area contributed by atoms with Crippen LogP contribution in [0.5, 0.6) is 5.75 Å². The van der Waals surface area contributed by atoms with E-state index in [1.165, 1.54) is 7.11 Å². The summed E-state index contributed by atoms with van der Waals surface area (Å²) in [5.41, 5.74) is 4.95. The van der Waals surface area contributed by atoms with Crippen LogP contribution in [0, 0.1) is 0 Å². The van der Waals surface area contributed by atoms with Crippen LogP contribution in [0.15, 0.2) is 16.6 Å². The number of hydrogen-bond acceptors (Lipinski definition) is 3. The average Bonchev–Trinajstić information content (AvgIpc) is 2.25.